The summed E-state index contributed by atoms with van der Waals surface area (Å²) in [6, 6.07) is 18.7. The van der Waals surface area contributed by atoms with Crippen molar-refractivity contribution in [2.45, 2.75) is 33.7 Å². The van der Waals surface area contributed by atoms with Crippen LogP contribution in [0.2, 0.25) is 0 Å². The summed E-state index contributed by atoms with van der Waals surface area (Å²) in [6.07, 6.45) is 2.18. The molecule has 178 valence electrons. The van der Waals surface area contributed by atoms with E-state index in [-0.39, 0.29) is 18.8 Å². The van der Waals surface area contributed by atoms with Crippen LogP contribution in [-0.2, 0) is 13.0 Å². The topological polar surface area (TPSA) is 98.9 Å². The summed E-state index contributed by atoms with van der Waals surface area (Å²) >= 11 is 0. The number of carbonyl (C=O) groups is 1. The van der Waals surface area contributed by atoms with Crippen molar-refractivity contribution in [3.05, 3.63) is 121 Å². The fraction of sp³-hybridized carbons (Fsp3) is 0.222. The van der Waals surface area contributed by atoms with E-state index in [9.17, 15) is 14.4 Å². The maximum Gasteiger partial charge on any atom is 0.352 e. The Hall–Kier alpha value is -4.33. The number of aryl methyl sites for hydroxylation is 3. The van der Waals surface area contributed by atoms with E-state index in [4.69, 9.17) is 0 Å². The Kier molecular flexibility index (Phi) is 7.01. The van der Waals surface area contributed by atoms with E-state index in [2.05, 4.69) is 15.4 Å². The molecule has 8 heteroatoms. The Bertz CT molecular complexity index is 1470. The van der Waals surface area contributed by atoms with Gasteiger partial charge in [0.1, 0.15) is 0 Å². The monoisotopic (exact) mass is 469 g/mol. The van der Waals surface area contributed by atoms with E-state index in [1.165, 1.54) is 0 Å². The number of amides is 1. The van der Waals surface area contributed by atoms with Gasteiger partial charge in [0.2, 0.25) is 5.69 Å². The van der Waals surface area contributed by atoms with Crippen molar-refractivity contribution in [2.24, 2.45) is 0 Å². The maximum atomic E-state index is 13.4. The van der Waals surface area contributed by atoms with Crippen LogP contribution >= 0.6 is 0 Å². The molecule has 1 N–H and O–H groups in total. The average molecular weight is 470 g/mol. The molecule has 0 unspecified atom stereocenters. The average Bonchev–Trinajstić information content (AvgIpc) is 2.82. The fourth-order valence-corrected chi connectivity index (χ4v) is 3.96. The van der Waals surface area contributed by atoms with Crippen LogP contribution < -0.4 is 16.6 Å². The molecule has 4 rings (SSSR count). The van der Waals surface area contributed by atoms with Crippen LogP contribution in [0.1, 0.15) is 38.4 Å². The molecule has 0 aliphatic carbocycles. The number of nitrogens with one attached hydrogen (secondary N) is 1. The first-order chi connectivity index (χ1) is 16.8. The van der Waals surface area contributed by atoms with Gasteiger partial charge < -0.3 is 5.32 Å². The molecule has 0 aliphatic rings. The first kappa shape index (κ1) is 23.8. The van der Waals surface area contributed by atoms with Crippen molar-refractivity contribution in [1.82, 2.24) is 24.6 Å². The van der Waals surface area contributed by atoms with Gasteiger partial charge in [-0.15, -0.1) is 0 Å². The number of carbonyl (C=O) groups excluding carboxylic acids is 1. The molecule has 2 aromatic heterocycles. The Morgan fingerprint density at radius 1 is 0.914 bits per heavy atom. The van der Waals surface area contributed by atoms with Gasteiger partial charge in [-0.2, -0.15) is 9.78 Å². The van der Waals surface area contributed by atoms with Gasteiger partial charge in [0.05, 0.1) is 12.2 Å². The molecule has 2 aromatic carbocycles. The third-order valence-electron chi connectivity index (χ3n) is 5.54. The van der Waals surface area contributed by atoms with E-state index in [1.54, 1.807) is 18.3 Å². The van der Waals surface area contributed by atoms with Gasteiger partial charge >= 0.3 is 5.69 Å². The zero-order valence-electron chi connectivity index (χ0n) is 20.0. The highest BCUT2D eigenvalue weighted by Crippen LogP contribution is 2.11. The largest absolute Gasteiger partial charge is 0.352 e. The van der Waals surface area contributed by atoms with Gasteiger partial charge in [-0.25, -0.2) is 4.79 Å². The van der Waals surface area contributed by atoms with Gasteiger partial charge in [-0.3, -0.25) is 19.1 Å². The second-order valence-corrected chi connectivity index (χ2v) is 8.60. The number of pyridine rings is 1. The van der Waals surface area contributed by atoms with Crippen LogP contribution in [0.4, 0.5) is 0 Å². The first-order valence-electron chi connectivity index (χ1n) is 11.4. The third-order valence-corrected chi connectivity index (χ3v) is 5.54. The van der Waals surface area contributed by atoms with Crippen LogP contribution in [0.25, 0.3) is 5.69 Å². The van der Waals surface area contributed by atoms with Gasteiger partial charge in [0.15, 0.2) is 0 Å². The molecular weight excluding hydrogens is 442 g/mol. The summed E-state index contributed by atoms with van der Waals surface area (Å²) in [5.41, 5.74) is 3.30. The lowest BCUT2D eigenvalue weighted by molar-refractivity contribution is 0.0944. The molecule has 0 spiro atoms. The number of nitrogens with zero attached hydrogens (tertiary/aromatic N) is 4. The zero-order chi connectivity index (χ0) is 24.9. The first-order valence-corrected chi connectivity index (χ1v) is 11.4. The van der Waals surface area contributed by atoms with Crippen LogP contribution in [0, 0.1) is 20.8 Å². The van der Waals surface area contributed by atoms with Crippen molar-refractivity contribution >= 4 is 5.91 Å². The quantitative estimate of drug-likeness (QED) is 0.449. The highest BCUT2D eigenvalue weighted by molar-refractivity contribution is 5.91. The summed E-state index contributed by atoms with van der Waals surface area (Å²) in [7, 11) is 0. The Labute approximate surface area is 202 Å². The van der Waals surface area contributed by atoms with Gasteiger partial charge in [0, 0.05) is 24.9 Å². The minimum Gasteiger partial charge on any atom is -0.350 e. The predicted molar refractivity (Wildman–Crippen MR) is 134 cm³/mol. The maximum absolute atomic E-state index is 13.4. The lowest BCUT2D eigenvalue weighted by Crippen LogP contribution is -2.46. The van der Waals surface area contributed by atoms with Crippen molar-refractivity contribution in [2.75, 3.05) is 6.54 Å². The SMILES string of the molecule is Cc1cccc(Cn2c(=O)c(C(=O)NCCc3ccccn3)nn(-c3cc(C)cc(C)c3)c2=O)c1. The molecular formula is C27H27N5O3. The molecule has 0 saturated heterocycles. The second kappa shape index (κ2) is 10.3. The highest BCUT2D eigenvalue weighted by Gasteiger charge is 2.20. The zero-order valence-corrected chi connectivity index (χ0v) is 20.0. The normalized spacial score (nSPS) is 10.8. The summed E-state index contributed by atoms with van der Waals surface area (Å²) in [5.74, 6) is -0.637. The predicted octanol–water partition coefficient (Wildman–Crippen LogP) is 2.74. The molecule has 1 amide bonds. The van der Waals surface area contributed by atoms with Crippen molar-refractivity contribution < 1.29 is 4.79 Å². The molecule has 0 fully saturated rings. The molecule has 0 atom stereocenters. The van der Waals surface area contributed by atoms with E-state index in [0.717, 1.165) is 37.2 Å². The van der Waals surface area contributed by atoms with E-state index >= 15 is 0 Å². The molecule has 0 radical (unpaired) electrons. The number of aromatic nitrogens is 4. The molecule has 0 bridgehead atoms. The van der Waals surface area contributed by atoms with E-state index in [1.807, 2.05) is 69.3 Å². The van der Waals surface area contributed by atoms with E-state index < -0.39 is 17.2 Å². The summed E-state index contributed by atoms with van der Waals surface area (Å²) in [5, 5.41) is 6.95. The standard InChI is InChI=1S/C27H27N5O3/c1-18-7-6-8-21(14-18)17-31-26(34)24(25(33)29-12-10-22-9-4-5-11-28-22)30-32(27(31)35)23-15-19(2)13-20(3)16-23/h4-9,11,13-16H,10,12,17H2,1-3H3,(H,29,33). The molecule has 0 saturated carbocycles. The Balaban J connectivity index is 1.75. The van der Waals surface area contributed by atoms with Crippen molar-refractivity contribution in [1.29, 1.82) is 0 Å². The van der Waals surface area contributed by atoms with Crippen LogP contribution in [0.15, 0.2) is 76.4 Å². The number of benzene rings is 2. The van der Waals surface area contributed by atoms with Crippen LogP contribution in [-0.4, -0.2) is 31.8 Å². The summed E-state index contributed by atoms with van der Waals surface area (Å²) < 4.78 is 2.19. The molecule has 0 aliphatic heterocycles. The Morgan fingerprint density at radius 3 is 2.37 bits per heavy atom. The van der Waals surface area contributed by atoms with Gasteiger partial charge in [-0.1, -0.05) is 42.0 Å². The van der Waals surface area contributed by atoms with Crippen molar-refractivity contribution in [3.8, 4) is 5.69 Å². The molecule has 35 heavy (non-hydrogen) atoms. The van der Waals surface area contributed by atoms with Gasteiger partial charge in [-0.05, 0) is 61.7 Å². The van der Waals surface area contributed by atoms with E-state index in [0.29, 0.717) is 12.1 Å². The van der Waals surface area contributed by atoms with Crippen LogP contribution in [0.5, 0.6) is 0 Å². The van der Waals surface area contributed by atoms with Gasteiger partial charge in [0.25, 0.3) is 11.5 Å². The fourth-order valence-electron chi connectivity index (χ4n) is 3.96. The number of hydrogen-bond acceptors (Lipinski definition) is 5. The summed E-state index contributed by atoms with van der Waals surface area (Å²) in [6.45, 7) is 6.07. The van der Waals surface area contributed by atoms with Crippen LogP contribution in [0.3, 0.4) is 0 Å². The lowest BCUT2D eigenvalue weighted by atomic mass is 10.1. The minimum absolute atomic E-state index is 0.0287. The molecule has 2 heterocycles. The number of hydrogen-bond donors (Lipinski definition) is 1. The smallest absolute Gasteiger partial charge is 0.350 e. The summed E-state index contributed by atoms with van der Waals surface area (Å²) in [4.78, 5) is 43.9. The van der Waals surface area contributed by atoms with Crippen molar-refractivity contribution in [3.63, 3.8) is 0 Å². The molecule has 4 aromatic rings. The second-order valence-electron chi connectivity index (χ2n) is 8.60. The third kappa shape index (κ3) is 5.60. The lowest BCUT2D eigenvalue weighted by Gasteiger charge is -2.13. The minimum atomic E-state index is -0.729. The molecule has 8 nitrogen and oxygen atoms in total. The number of rotatable bonds is 7. The Morgan fingerprint density at radius 2 is 1.69 bits per heavy atom. The highest BCUT2D eigenvalue weighted by atomic mass is 16.2.